The molecule has 1 amide bonds. The predicted octanol–water partition coefficient (Wildman–Crippen LogP) is 1.40. The highest BCUT2D eigenvalue weighted by molar-refractivity contribution is 5.75. The molecule has 0 saturated carbocycles. The van der Waals surface area contributed by atoms with E-state index in [9.17, 15) is 4.79 Å². The highest BCUT2D eigenvalue weighted by Crippen LogP contribution is 2.28. The van der Waals surface area contributed by atoms with Gasteiger partial charge in [-0.25, -0.2) is 0 Å². The van der Waals surface area contributed by atoms with Gasteiger partial charge in [0.1, 0.15) is 0 Å². The third-order valence-corrected chi connectivity index (χ3v) is 2.76. The van der Waals surface area contributed by atoms with Gasteiger partial charge >= 0.3 is 0 Å². The zero-order valence-corrected chi connectivity index (χ0v) is 11.8. The van der Waals surface area contributed by atoms with E-state index in [0.717, 1.165) is 5.56 Å². The molecule has 0 spiro atoms. The first-order valence-corrected chi connectivity index (χ1v) is 6.28. The van der Waals surface area contributed by atoms with E-state index in [1.165, 1.54) is 0 Å². The van der Waals surface area contributed by atoms with Crippen molar-refractivity contribution in [2.24, 2.45) is 5.73 Å². The minimum absolute atomic E-state index is 0.106. The van der Waals surface area contributed by atoms with Crippen molar-refractivity contribution < 1.29 is 14.3 Å². The summed E-state index contributed by atoms with van der Waals surface area (Å²) in [6.45, 7) is 0.950. The zero-order chi connectivity index (χ0) is 14.3. The van der Waals surface area contributed by atoms with E-state index in [1.807, 2.05) is 18.2 Å². The van der Waals surface area contributed by atoms with Gasteiger partial charge in [-0.3, -0.25) is 4.79 Å². The normalized spacial score (nSPS) is 10.1. The Labute approximate surface area is 114 Å². The van der Waals surface area contributed by atoms with Crippen molar-refractivity contribution in [1.82, 2.24) is 4.90 Å². The number of carbonyl (C=O) groups is 1. The lowest BCUT2D eigenvalue weighted by atomic mass is 10.2. The Morgan fingerprint density at radius 2 is 2.05 bits per heavy atom. The number of methoxy groups -OCH3 is 1. The Morgan fingerprint density at radius 1 is 1.32 bits per heavy atom. The van der Waals surface area contributed by atoms with Crippen LogP contribution in [0, 0.1) is 0 Å². The summed E-state index contributed by atoms with van der Waals surface area (Å²) in [4.78, 5) is 13.0. The number of amides is 1. The minimum atomic E-state index is 0.106. The van der Waals surface area contributed by atoms with Crippen LogP contribution in [-0.2, 0) is 11.3 Å². The van der Waals surface area contributed by atoms with Gasteiger partial charge in [-0.05, 0) is 24.1 Å². The maximum atomic E-state index is 11.4. The van der Waals surface area contributed by atoms with Crippen molar-refractivity contribution >= 4 is 5.91 Å². The number of benzene rings is 1. The molecule has 0 unspecified atom stereocenters. The Morgan fingerprint density at radius 3 is 2.63 bits per heavy atom. The van der Waals surface area contributed by atoms with Crippen LogP contribution in [0.25, 0.3) is 0 Å². The summed E-state index contributed by atoms with van der Waals surface area (Å²) in [7, 11) is 5.09. The van der Waals surface area contributed by atoms with Crippen LogP contribution in [0.4, 0.5) is 0 Å². The van der Waals surface area contributed by atoms with E-state index in [-0.39, 0.29) is 5.91 Å². The Balaban J connectivity index is 2.47. The summed E-state index contributed by atoms with van der Waals surface area (Å²) >= 11 is 0. The number of nitrogens with two attached hydrogens (primary N) is 1. The van der Waals surface area contributed by atoms with Crippen LogP contribution in [0.15, 0.2) is 18.2 Å². The van der Waals surface area contributed by atoms with E-state index >= 15 is 0 Å². The fraction of sp³-hybridized carbons (Fsp3) is 0.500. The first-order chi connectivity index (χ1) is 9.08. The molecule has 0 radical (unpaired) electrons. The molecule has 0 heterocycles. The van der Waals surface area contributed by atoms with Crippen LogP contribution < -0.4 is 15.2 Å². The van der Waals surface area contributed by atoms with Gasteiger partial charge in [0.25, 0.3) is 0 Å². The largest absolute Gasteiger partial charge is 0.493 e. The average Bonchev–Trinajstić information content (AvgIpc) is 2.43. The zero-order valence-electron chi connectivity index (χ0n) is 11.8. The molecule has 0 aromatic heterocycles. The lowest BCUT2D eigenvalue weighted by Gasteiger charge is -2.13. The number of rotatable bonds is 7. The molecule has 19 heavy (non-hydrogen) atoms. The van der Waals surface area contributed by atoms with Gasteiger partial charge in [0, 0.05) is 27.1 Å². The van der Waals surface area contributed by atoms with Crippen molar-refractivity contribution in [3.8, 4) is 11.5 Å². The minimum Gasteiger partial charge on any atom is -0.493 e. The van der Waals surface area contributed by atoms with Crippen molar-refractivity contribution in [3.05, 3.63) is 23.8 Å². The van der Waals surface area contributed by atoms with Gasteiger partial charge in [0.2, 0.25) is 5.91 Å². The Hall–Kier alpha value is -1.75. The predicted molar refractivity (Wildman–Crippen MR) is 74.3 cm³/mol. The highest BCUT2D eigenvalue weighted by Gasteiger charge is 2.07. The van der Waals surface area contributed by atoms with Gasteiger partial charge < -0.3 is 20.1 Å². The van der Waals surface area contributed by atoms with E-state index in [0.29, 0.717) is 37.5 Å². The fourth-order valence-corrected chi connectivity index (χ4v) is 1.59. The number of ether oxygens (including phenoxy) is 2. The molecule has 0 aliphatic heterocycles. The number of carbonyl (C=O) groups excluding carboxylic acids is 1. The third-order valence-electron chi connectivity index (χ3n) is 2.76. The molecule has 0 aliphatic carbocycles. The Bertz CT molecular complexity index is 419. The van der Waals surface area contributed by atoms with Crippen LogP contribution in [0.2, 0.25) is 0 Å². The second-order valence-corrected chi connectivity index (χ2v) is 4.43. The molecule has 1 aromatic carbocycles. The quantitative estimate of drug-likeness (QED) is 0.758. The molecule has 5 nitrogen and oxygen atoms in total. The summed E-state index contributed by atoms with van der Waals surface area (Å²) in [6.07, 6.45) is 1.16. The lowest BCUT2D eigenvalue weighted by molar-refractivity contribution is -0.128. The topological polar surface area (TPSA) is 64.8 Å². The van der Waals surface area contributed by atoms with E-state index in [2.05, 4.69) is 0 Å². The molecular weight excluding hydrogens is 244 g/mol. The molecule has 1 aromatic rings. The summed E-state index contributed by atoms with van der Waals surface area (Å²) in [5, 5.41) is 0. The summed E-state index contributed by atoms with van der Waals surface area (Å²) in [6, 6.07) is 5.61. The van der Waals surface area contributed by atoms with Crippen molar-refractivity contribution in [1.29, 1.82) is 0 Å². The van der Waals surface area contributed by atoms with Gasteiger partial charge in [0.05, 0.1) is 13.7 Å². The van der Waals surface area contributed by atoms with Gasteiger partial charge in [-0.15, -0.1) is 0 Å². The van der Waals surface area contributed by atoms with Crippen molar-refractivity contribution in [3.63, 3.8) is 0 Å². The SMILES string of the molecule is COc1cc(CN)ccc1OCCCC(=O)N(C)C. The smallest absolute Gasteiger partial charge is 0.222 e. The molecule has 0 bridgehead atoms. The van der Waals surface area contributed by atoms with Crippen molar-refractivity contribution in [2.75, 3.05) is 27.8 Å². The molecule has 0 saturated heterocycles. The second kappa shape index (κ2) is 7.63. The second-order valence-electron chi connectivity index (χ2n) is 4.43. The van der Waals surface area contributed by atoms with Gasteiger partial charge in [-0.2, -0.15) is 0 Å². The van der Waals surface area contributed by atoms with Crippen LogP contribution >= 0.6 is 0 Å². The average molecular weight is 266 g/mol. The molecule has 0 aliphatic rings. The van der Waals surface area contributed by atoms with Crippen LogP contribution in [-0.4, -0.2) is 38.6 Å². The third kappa shape index (κ3) is 4.79. The first kappa shape index (κ1) is 15.3. The van der Waals surface area contributed by atoms with Crippen LogP contribution in [0.1, 0.15) is 18.4 Å². The van der Waals surface area contributed by atoms with E-state index < -0.39 is 0 Å². The first-order valence-electron chi connectivity index (χ1n) is 6.28. The van der Waals surface area contributed by atoms with E-state index in [1.54, 1.807) is 26.1 Å². The molecule has 1 rings (SSSR count). The number of hydrogen-bond acceptors (Lipinski definition) is 4. The van der Waals surface area contributed by atoms with E-state index in [4.69, 9.17) is 15.2 Å². The van der Waals surface area contributed by atoms with Gasteiger partial charge in [-0.1, -0.05) is 6.07 Å². The molecular formula is C14H22N2O3. The fourth-order valence-electron chi connectivity index (χ4n) is 1.59. The monoisotopic (exact) mass is 266 g/mol. The molecule has 5 heteroatoms. The molecule has 0 atom stereocenters. The maximum absolute atomic E-state index is 11.4. The summed E-state index contributed by atoms with van der Waals surface area (Å²) in [5.41, 5.74) is 6.56. The number of nitrogens with zero attached hydrogens (tertiary/aromatic N) is 1. The van der Waals surface area contributed by atoms with Crippen LogP contribution in [0.5, 0.6) is 11.5 Å². The maximum Gasteiger partial charge on any atom is 0.222 e. The molecule has 2 N–H and O–H groups in total. The van der Waals surface area contributed by atoms with Gasteiger partial charge in [0.15, 0.2) is 11.5 Å². The Kier molecular flexibility index (Phi) is 6.15. The molecule has 106 valence electrons. The van der Waals surface area contributed by atoms with Crippen molar-refractivity contribution in [2.45, 2.75) is 19.4 Å². The lowest BCUT2D eigenvalue weighted by Crippen LogP contribution is -2.21. The van der Waals surface area contributed by atoms with Crippen LogP contribution in [0.3, 0.4) is 0 Å². The highest BCUT2D eigenvalue weighted by atomic mass is 16.5. The number of hydrogen-bond donors (Lipinski definition) is 1. The standard InChI is InChI=1S/C14H22N2O3/c1-16(2)14(17)5-4-8-19-12-7-6-11(10-15)9-13(12)18-3/h6-7,9H,4-5,8,10,15H2,1-3H3. The summed E-state index contributed by atoms with van der Waals surface area (Å²) < 4.78 is 10.9. The molecule has 0 fully saturated rings. The summed E-state index contributed by atoms with van der Waals surface area (Å²) in [5.74, 6) is 1.45.